The molecule has 0 unspecified atom stereocenters. The van der Waals surface area contributed by atoms with Gasteiger partial charge in [-0.15, -0.1) is 0 Å². The molecular weight excluding hydrogens is 585 g/mol. The standard InChI is InChI=1S/C30H35Cl2N3O5S/c1-6-27(29(37)33-30(2,3)4)34(19-21-15-16-22(31)17-26(21)32)28(36)20-35(23-11-10-12-24(18-23)40-5)41(38,39)25-13-8-7-9-14-25/h7-18,27H,6,19-20H2,1-5H3,(H,33,37)/t27-/m0/s1. The first-order valence-electron chi connectivity index (χ1n) is 13.0. The van der Waals surface area contributed by atoms with Gasteiger partial charge in [0.25, 0.3) is 10.0 Å². The quantitative estimate of drug-likeness (QED) is 0.287. The molecule has 0 saturated carbocycles. The van der Waals surface area contributed by atoms with E-state index in [0.717, 1.165) is 4.31 Å². The van der Waals surface area contributed by atoms with E-state index in [1.54, 1.807) is 61.5 Å². The molecule has 3 aromatic rings. The van der Waals surface area contributed by atoms with Crippen LogP contribution < -0.4 is 14.4 Å². The third kappa shape index (κ3) is 8.38. The molecular formula is C30H35Cl2N3O5S. The number of ether oxygens (including phenoxy) is 1. The van der Waals surface area contributed by atoms with Crippen LogP contribution in [-0.4, -0.2) is 50.4 Å². The summed E-state index contributed by atoms with van der Waals surface area (Å²) in [6.45, 7) is 6.71. The van der Waals surface area contributed by atoms with Crippen LogP contribution in [0.2, 0.25) is 10.0 Å². The molecule has 0 radical (unpaired) electrons. The van der Waals surface area contributed by atoms with E-state index < -0.39 is 34.1 Å². The Morgan fingerprint density at radius 2 is 1.66 bits per heavy atom. The lowest BCUT2D eigenvalue weighted by Gasteiger charge is -2.35. The van der Waals surface area contributed by atoms with Gasteiger partial charge in [-0.2, -0.15) is 0 Å². The average molecular weight is 621 g/mol. The van der Waals surface area contributed by atoms with Crippen LogP contribution >= 0.6 is 23.2 Å². The number of halogens is 2. The maximum absolute atomic E-state index is 14.2. The molecule has 0 aliphatic rings. The Morgan fingerprint density at radius 1 is 0.976 bits per heavy atom. The van der Waals surface area contributed by atoms with Gasteiger partial charge in [-0.1, -0.05) is 60.5 Å². The fourth-order valence-electron chi connectivity index (χ4n) is 4.22. The van der Waals surface area contributed by atoms with E-state index in [4.69, 9.17) is 27.9 Å². The van der Waals surface area contributed by atoms with Crippen LogP contribution in [0.4, 0.5) is 5.69 Å². The number of amides is 2. The number of rotatable bonds is 11. The molecule has 3 rings (SSSR count). The maximum Gasteiger partial charge on any atom is 0.264 e. The van der Waals surface area contributed by atoms with Gasteiger partial charge in [0, 0.05) is 28.2 Å². The van der Waals surface area contributed by atoms with Crippen molar-refractivity contribution in [3.05, 3.63) is 88.4 Å². The molecule has 0 fully saturated rings. The van der Waals surface area contributed by atoms with Crippen LogP contribution in [0.3, 0.4) is 0 Å². The number of nitrogens with zero attached hydrogens (tertiary/aromatic N) is 2. The SMILES string of the molecule is CC[C@@H](C(=O)NC(C)(C)C)N(Cc1ccc(Cl)cc1Cl)C(=O)CN(c1cccc(OC)c1)S(=O)(=O)c1ccccc1. The minimum atomic E-state index is -4.19. The lowest BCUT2D eigenvalue weighted by atomic mass is 10.1. The number of carbonyl (C=O) groups excluding carboxylic acids is 2. The first kappa shape index (κ1) is 32.2. The van der Waals surface area contributed by atoms with Crippen molar-refractivity contribution in [1.29, 1.82) is 0 Å². The number of hydrogen-bond donors (Lipinski definition) is 1. The van der Waals surface area contributed by atoms with Crippen molar-refractivity contribution in [3.8, 4) is 5.75 Å². The number of carbonyl (C=O) groups is 2. The summed E-state index contributed by atoms with van der Waals surface area (Å²) in [4.78, 5) is 28.9. The van der Waals surface area contributed by atoms with Gasteiger partial charge in [0.1, 0.15) is 18.3 Å². The summed E-state index contributed by atoms with van der Waals surface area (Å²) in [6.07, 6.45) is 0.281. The number of nitrogens with one attached hydrogen (secondary N) is 1. The molecule has 3 aromatic carbocycles. The molecule has 0 aromatic heterocycles. The molecule has 0 bridgehead atoms. The smallest absolute Gasteiger partial charge is 0.264 e. The van der Waals surface area contributed by atoms with Crippen LogP contribution in [0, 0.1) is 0 Å². The Kier molecular flexibility index (Phi) is 10.7. The van der Waals surface area contributed by atoms with E-state index in [0.29, 0.717) is 21.4 Å². The van der Waals surface area contributed by atoms with Crippen LogP contribution in [0.25, 0.3) is 0 Å². The predicted octanol–water partition coefficient (Wildman–Crippen LogP) is 5.92. The fourth-order valence-corrected chi connectivity index (χ4v) is 6.12. The zero-order valence-corrected chi connectivity index (χ0v) is 26.1. The van der Waals surface area contributed by atoms with Crippen LogP contribution in [0.15, 0.2) is 77.7 Å². The molecule has 2 amide bonds. The van der Waals surface area contributed by atoms with Crippen molar-refractivity contribution >= 4 is 50.7 Å². The summed E-state index contributed by atoms with van der Waals surface area (Å²) in [5.41, 5.74) is 0.240. The van der Waals surface area contributed by atoms with E-state index in [-0.39, 0.29) is 29.5 Å². The molecule has 0 aliphatic carbocycles. The van der Waals surface area contributed by atoms with Crippen LogP contribution in [-0.2, 0) is 26.2 Å². The third-order valence-electron chi connectivity index (χ3n) is 6.19. The highest BCUT2D eigenvalue weighted by molar-refractivity contribution is 7.92. The summed E-state index contributed by atoms with van der Waals surface area (Å²) in [5.74, 6) is -0.532. The lowest BCUT2D eigenvalue weighted by molar-refractivity contribution is -0.141. The van der Waals surface area contributed by atoms with Gasteiger partial charge in [-0.3, -0.25) is 13.9 Å². The molecule has 1 N–H and O–H groups in total. The predicted molar refractivity (Wildman–Crippen MR) is 163 cm³/mol. The summed E-state index contributed by atoms with van der Waals surface area (Å²) in [7, 11) is -2.72. The molecule has 0 spiro atoms. The topological polar surface area (TPSA) is 96.0 Å². The number of sulfonamides is 1. The Hall–Kier alpha value is -3.27. The zero-order chi connectivity index (χ0) is 30.4. The van der Waals surface area contributed by atoms with Gasteiger partial charge in [-0.05, 0) is 69.2 Å². The van der Waals surface area contributed by atoms with Crippen molar-refractivity contribution in [2.24, 2.45) is 0 Å². The Morgan fingerprint density at radius 3 is 2.24 bits per heavy atom. The fraction of sp³-hybridized carbons (Fsp3) is 0.333. The second-order valence-electron chi connectivity index (χ2n) is 10.4. The summed E-state index contributed by atoms with van der Waals surface area (Å²) < 4.78 is 34.1. The monoisotopic (exact) mass is 619 g/mol. The van der Waals surface area contributed by atoms with E-state index in [1.807, 2.05) is 20.8 Å². The molecule has 0 aliphatic heterocycles. The zero-order valence-electron chi connectivity index (χ0n) is 23.7. The first-order chi connectivity index (χ1) is 19.3. The van der Waals surface area contributed by atoms with Crippen molar-refractivity contribution < 1.29 is 22.7 Å². The Bertz CT molecular complexity index is 1480. The highest BCUT2D eigenvalue weighted by Gasteiger charge is 2.35. The second-order valence-corrected chi connectivity index (χ2v) is 13.2. The number of benzene rings is 3. The van der Waals surface area contributed by atoms with E-state index in [9.17, 15) is 18.0 Å². The second kappa shape index (κ2) is 13.6. The molecule has 0 saturated heterocycles. The minimum absolute atomic E-state index is 0.0143. The highest BCUT2D eigenvalue weighted by Crippen LogP contribution is 2.29. The van der Waals surface area contributed by atoms with Crippen LogP contribution in [0.5, 0.6) is 5.75 Å². The van der Waals surface area contributed by atoms with Crippen molar-refractivity contribution in [3.63, 3.8) is 0 Å². The normalized spacial score (nSPS) is 12.4. The number of anilines is 1. The minimum Gasteiger partial charge on any atom is -0.497 e. The van der Waals surface area contributed by atoms with Gasteiger partial charge in [0.05, 0.1) is 17.7 Å². The van der Waals surface area contributed by atoms with E-state index in [1.165, 1.54) is 30.2 Å². The van der Waals surface area contributed by atoms with Crippen LogP contribution in [0.1, 0.15) is 39.7 Å². The van der Waals surface area contributed by atoms with Gasteiger partial charge >= 0.3 is 0 Å². The van der Waals surface area contributed by atoms with E-state index >= 15 is 0 Å². The molecule has 1 atom stereocenters. The van der Waals surface area contributed by atoms with Crippen molar-refractivity contribution in [1.82, 2.24) is 10.2 Å². The molecule has 0 heterocycles. The van der Waals surface area contributed by atoms with Gasteiger partial charge in [0.2, 0.25) is 11.8 Å². The molecule has 8 nitrogen and oxygen atoms in total. The summed E-state index contributed by atoms with van der Waals surface area (Å²) >= 11 is 12.5. The number of hydrogen-bond acceptors (Lipinski definition) is 5. The van der Waals surface area contributed by atoms with Gasteiger partial charge in [0.15, 0.2) is 0 Å². The highest BCUT2D eigenvalue weighted by atomic mass is 35.5. The molecule has 41 heavy (non-hydrogen) atoms. The van der Waals surface area contributed by atoms with Gasteiger partial charge in [-0.25, -0.2) is 8.42 Å². The molecule has 11 heteroatoms. The third-order valence-corrected chi connectivity index (χ3v) is 8.57. The summed E-state index contributed by atoms with van der Waals surface area (Å²) in [6, 6.07) is 18.3. The Labute approximate surface area is 252 Å². The molecule has 220 valence electrons. The van der Waals surface area contributed by atoms with Gasteiger partial charge < -0.3 is 15.0 Å². The number of methoxy groups -OCH3 is 1. The largest absolute Gasteiger partial charge is 0.497 e. The first-order valence-corrected chi connectivity index (χ1v) is 15.2. The lowest BCUT2D eigenvalue weighted by Crippen LogP contribution is -2.55. The van der Waals surface area contributed by atoms with Crippen molar-refractivity contribution in [2.45, 2.75) is 57.1 Å². The maximum atomic E-state index is 14.2. The average Bonchev–Trinajstić information content (AvgIpc) is 2.92. The Balaban J connectivity index is 2.10. The summed E-state index contributed by atoms with van der Waals surface area (Å²) in [5, 5.41) is 3.68. The van der Waals surface area contributed by atoms with Crippen molar-refractivity contribution in [2.75, 3.05) is 18.0 Å². The van der Waals surface area contributed by atoms with E-state index in [2.05, 4.69) is 5.32 Å².